The van der Waals surface area contributed by atoms with Gasteiger partial charge in [-0.05, 0) is 31.2 Å². The molecule has 1 atom stereocenters. The maximum Gasteiger partial charge on any atom is 0.0595 e. The lowest BCUT2D eigenvalue weighted by molar-refractivity contribution is 0.133. The predicted octanol–water partition coefficient (Wildman–Crippen LogP) is 0.182. The van der Waals surface area contributed by atoms with Gasteiger partial charge in [0.2, 0.25) is 0 Å². The molecule has 0 radical (unpaired) electrons. The number of aliphatic hydroxyl groups excluding tert-OH is 1. The van der Waals surface area contributed by atoms with Crippen LogP contribution in [0.3, 0.4) is 0 Å². The van der Waals surface area contributed by atoms with E-state index >= 15 is 0 Å². The molecule has 1 heterocycles. The first-order valence-corrected chi connectivity index (χ1v) is 5.33. The summed E-state index contributed by atoms with van der Waals surface area (Å²) in [5.41, 5.74) is 6.37. The van der Waals surface area contributed by atoms with Gasteiger partial charge in [0.05, 0.1) is 6.61 Å². The summed E-state index contributed by atoms with van der Waals surface area (Å²) in [4.78, 5) is 2.42. The van der Waals surface area contributed by atoms with E-state index in [2.05, 4.69) is 4.90 Å². The van der Waals surface area contributed by atoms with Crippen LogP contribution in [0, 0.1) is 5.41 Å². The van der Waals surface area contributed by atoms with E-state index in [0.717, 1.165) is 6.54 Å². The summed E-state index contributed by atoms with van der Waals surface area (Å²) in [7, 11) is 0. The first kappa shape index (κ1) is 9.44. The smallest absolute Gasteiger partial charge is 0.0595 e. The van der Waals surface area contributed by atoms with Crippen molar-refractivity contribution in [2.45, 2.75) is 31.7 Å². The molecule has 1 saturated heterocycles. The van der Waals surface area contributed by atoms with Crippen LogP contribution in [0.4, 0.5) is 0 Å². The molecule has 3 N–H and O–H groups in total. The highest BCUT2D eigenvalue weighted by Gasteiger charge is 2.42. The number of aliphatic hydroxyl groups is 1. The molecule has 1 aliphatic heterocycles. The predicted molar refractivity (Wildman–Crippen MR) is 52.4 cm³/mol. The number of nitrogens with zero attached hydrogens (tertiary/aromatic N) is 1. The minimum absolute atomic E-state index is 0.0461. The molecular formula is C10H20N2O. The Morgan fingerprint density at radius 2 is 2.15 bits per heavy atom. The van der Waals surface area contributed by atoms with Crippen LogP contribution in [0.25, 0.3) is 0 Å². The Hall–Kier alpha value is -0.120. The van der Waals surface area contributed by atoms with Gasteiger partial charge < -0.3 is 15.7 Å². The topological polar surface area (TPSA) is 49.5 Å². The number of hydrogen-bond donors (Lipinski definition) is 2. The van der Waals surface area contributed by atoms with Crippen molar-refractivity contribution in [3.05, 3.63) is 0 Å². The number of likely N-dealkylation sites (tertiary alicyclic amines) is 1. The van der Waals surface area contributed by atoms with Gasteiger partial charge in [0, 0.05) is 19.1 Å². The lowest BCUT2D eigenvalue weighted by Crippen LogP contribution is -2.40. The van der Waals surface area contributed by atoms with Gasteiger partial charge in [-0.15, -0.1) is 0 Å². The van der Waals surface area contributed by atoms with Crippen molar-refractivity contribution < 1.29 is 5.11 Å². The second-order valence-electron chi connectivity index (χ2n) is 4.78. The highest BCUT2D eigenvalue weighted by Crippen LogP contribution is 2.47. The molecule has 2 fully saturated rings. The Morgan fingerprint density at radius 1 is 1.38 bits per heavy atom. The maximum absolute atomic E-state index is 8.84. The number of nitrogens with two attached hydrogens (primary N) is 1. The molecule has 1 saturated carbocycles. The molecule has 76 valence electrons. The Morgan fingerprint density at radius 3 is 2.62 bits per heavy atom. The molecule has 0 aromatic heterocycles. The number of rotatable bonds is 3. The highest BCUT2D eigenvalue weighted by molar-refractivity contribution is 4.96. The summed E-state index contributed by atoms with van der Waals surface area (Å²) < 4.78 is 0. The van der Waals surface area contributed by atoms with Gasteiger partial charge in [0.1, 0.15) is 0 Å². The highest BCUT2D eigenvalue weighted by atomic mass is 16.3. The fourth-order valence-corrected chi connectivity index (χ4v) is 2.66. The normalized spacial score (nSPS) is 29.1. The zero-order valence-electron chi connectivity index (χ0n) is 8.21. The molecule has 0 aromatic rings. The molecule has 2 aliphatic rings. The third kappa shape index (κ3) is 1.87. The first-order valence-electron chi connectivity index (χ1n) is 5.33. The quantitative estimate of drug-likeness (QED) is 0.658. The molecule has 1 unspecified atom stereocenters. The van der Waals surface area contributed by atoms with Crippen LogP contribution in [-0.2, 0) is 0 Å². The van der Waals surface area contributed by atoms with Gasteiger partial charge in [-0.1, -0.05) is 6.42 Å². The fraction of sp³-hybridized carbons (Fsp3) is 1.00. The Labute approximate surface area is 79.9 Å². The molecular weight excluding hydrogens is 164 g/mol. The van der Waals surface area contributed by atoms with Gasteiger partial charge >= 0.3 is 0 Å². The van der Waals surface area contributed by atoms with Gasteiger partial charge in [-0.3, -0.25) is 0 Å². The average Bonchev–Trinajstić information content (AvgIpc) is 2.48. The Balaban J connectivity index is 1.78. The summed E-state index contributed by atoms with van der Waals surface area (Å²) in [5.74, 6) is 0. The zero-order valence-corrected chi connectivity index (χ0v) is 8.21. The largest absolute Gasteiger partial charge is 0.395 e. The molecule has 2 rings (SSSR count). The molecule has 0 amide bonds. The minimum atomic E-state index is -0.0461. The third-order valence-corrected chi connectivity index (χ3v) is 3.66. The SMILES string of the molecule is NC(CO)CN1CCC2(CCC2)C1. The number of hydrogen-bond acceptors (Lipinski definition) is 3. The van der Waals surface area contributed by atoms with Crippen LogP contribution < -0.4 is 5.73 Å². The van der Waals surface area contributed by atoms with Crippen molar-refractivity contribution >= 4 is 0 Å². The van der Waals surface area contributed by atoms with Gasteiger partial charge in [-0.25, -0.2) is 0 Å². The molecule has 3 heteroatoms. The van der Waals surface area contributed by atoms with Crippen molar-refractivity contribution in [2.24, 2.45) is 11.1 Å². The Kier molecular flexibility index (Phi) is 2.58. The lowest BCUT2D eigenvalue weighted by Gasteiger charge is -2.38. The second kappa shape index (κ2) is 3.56. The standard InChI is InChI=1S/C10H20N2O/c11-9(7-13)6-12-5-4-10(8-12)2-1-3-10/h9,13H,1-8,11H2. The van der Waals surface area contributed by atoms with E-state index in [-0.39, 0.29) is 12.6 Å². The van der Waals surface area contributed by atoms with Crippen LogP contribution in [0.1, 0.15) is 25.7 Å². The summed E-state index contributed by atoms with van der Waals surface area (Å²) in [6.45, 7) is 3.40. The molecule has 3 nitrogen and oxygen atoms in total. The summed E-state index contributed by atoms with van der Waals surface area (Å²) in [6, 6.07) is -0.0461. The Bertz CT molecular complexity index is 180. The van der Waals surface area contributed by atoms with E-state index in [4.69, 9.17) is 10.8 Å². The van der Waals surface area contributed by atoms with Crippen LogP contribution in [-0.4, -0.2) is 42.3 Å². The van der Waals surface area contributed by atoms with E-state index in [0.29, 0.717) is 5.41 Å². The van der Waals surface area contributed by atoms with Crippen LogP contribution in [0.15, 0.2) is 0 Å². The van der Waals surface area contributed by atoms with Crippen molar-refractivity contribution in [2.75, 3.05) is 26.2 Å². The van der Waals surface area contributed by atoms with E-state index in [1.807, 2.05) is 0 Å². The van der Waals surface area contributed by atoms with E-state index in [1.165, 1.54) is 38.8 Å². The van der Waals surface area contributed by atoms with Crippen molar-refractivity contribution in [1.29, 1.82) is 0 Å². The molecule has 13 heavy (non-hydrogen) atoms. The minimum Gasteiger partial charge on any atom is -0.395 e. The third-order valence-electron chi connectivity index (χ3n) is 3.66. The fourth-order valence-electron chi connectivity index (χ4n) is 2.66. The summed E-state index contributed by atoms with van der Waals surface area (Å²) in [6.07, 6.45) is 5.60. The molecule has 1 aliphatic carbocycles. The second-order valence-corrected chi connectivity index (χ2v) is 4.78. The van der Waals surface area contributed by atoms with Crippen molar-refractivity contribution in [1.82, 2.24) is 4.90 Å². The molecule has 1 spiro atoms. The van der Waals surface area contributed by atoms with Gasteiger partial charge in [0.15, 0.2) is 0 Å². The maximum atomic E-state index is 8.84. The van der Waals surface area contributed by atoms with E-state index < -0.39 is 0 Å². The average molecular weight is 184 g/mol. The van der Waals surface area contributed by atoms with Crippen LogP contribution in [0.5, 0.6) is 0 Å². The van der Waals surface area contributed by atoms with Crippen molar-refractivity contribution in [3.63, 3.8) is 0 Å². The van der Waals surface area contributed by atoms with Gasteiger partial charge in [0.25, 0.3) is 0 Å². The monoisotopic (exact) mass is 184 g/mol. The van der Waals surface area contributed by atoms with E-state index in [9.17, 15) is 0 Å². The van der Waals surface area contributed by atoms with E-state index in [1.54, 1.807) is 0 Å². The molecule has 0 bridgehead atoms. The van der Waals surface area contributed by atoms with Gasteiger partial charge in [-0.2, -0.15) is 0 Å². The van der Waals surface area contributed by atoms with Crippen LogP contribution >= 0.6 is 0 Å². The summed E-state index contributed by atoms with van der Waals surface area (Å²) in [5, 5.41) is 8.84. The molecule has 0 aromatic carbocycles. The van der Waals surface area contributed by atoms with Crippen molar-refractivity contribution in [3.8, 4) is 0 Å². The van der Waals surface area contributed by atoms with Crippen LogP contribution in [0.2, 0.25) is 0 Å². The zero-order chi connectivity index (χ0) is 9.31. The first-order chi connectivity index (χ1) is 6.24. The summed E-state index contributed by atoms with van der Waals surface area (Å²) >= 11 is 0. The lowest BCUT2D eigenvalue weighted by atomic mass is 9.68.